The quantitative estimate of drug-likeness (QED) is 0.723. The lowest BCUT2D eigenvalue weighted by molar-refractivity contribution is -0.110. The third kappa shape index (κ3) is 2.42. The van der Waals surface area contributed by atoms with E-state index < -0.39 is 0 Å². The van der Waals surface area contributed by atoms with E-state index in [-0.39, 0.29) is 5.91 Å². The van der Waals surface area contributed by atoms with Gasteiger partial charge in [0.2, 0.25) is 0 Å². The molecular formula is C15H8Cl3NO. The van der Waals surface area contributed by atoms with Crippen molar-refractivity contribution in [3.63, 3.8) is 0 Å². The van der Waals surface area contributed by atoms with Crippen molar-refractivity contribution in [3.05, 3.63) is 62.6 Å². The zero-order valence-electron chi connectivity index (χ0n) is 10.1. The molecule has 0 aliphatic carbocycles. The van der Waals surface area contributed by atoms with Crippen LogP contribution in [0, 0.1) is 0 Å². The van der Waals surface area contributed by atoms with Crippen LogP contribution in [0.4, 0.5) is 5.69 Å². The molecule has 0 aromatic heterocycles. The van der Waals surface area contributed by atoms with E-state index in [1.54, 1.807) is 42.5 Å². The number of anilines is 1. The maximum absolute atomic E-state index is 12.0. The van der Waals surface area contributed by atoms with Crippen molar-refractivity contribution in [3.8, 4) is 0 Å². The topological polar surface area (TPSA) is 29.1 Å². The highest BCUT2D eigenvalue weighted by Gasteiger charge is 2.24. The van der Waals surface area contributed by atoms with Crippen LogP contribution in [0.15, 0.2) is 36.4 Å². The van der Waals surface area contributed by atoms with Crippen molar-refractivity contribution in [2.24, 2.45) is 0 Å². The summed E-state index contributed by atoms with van der Waals surface area (Å²) >= 11 is 17.8. The maximum Gasteiger partial charge on any atom is 0.256 e. The van der Waals surface area contributed by atoms with Gasteiger partial charge in [-0.2, -0.15) is 0 Å². The molecule has 1 N–H and O–H groups in total. The maximum atomic E-state index is 12.0. The largest absolute Gasteiger partial charge is 0.321 e. The van der Waals surface area contributed by atoms with Crippen molar-refractivity contribution in [2.45, 2.75) is 0 Å². The minimum Gasteiger partial charge on any atom is -0.321 e. The Hall–Kier alpha value is -1.48. The van der Waals surface area contributed by atoms with Gasteiger partial charge >= 0.3 is 0 Å². The van der Waals surface area contributed by atoms with Gasteiger partial charge in [-0.3, -0.25) is 4.79 Å². The molecule has 1 amide bonds. The van der Waals surface area contributed by atoms with Crippen LogP contribution in [-0.2, 0) is 4.79 Å². The first-order valence-electron chi connectivity index (χ1n) is 5.82. The van der Waals surface area contributed by atoms with Crippen LogP contribution >= 0.6 is 34.8 Å². The molecule has 0 spiro atoms. The van der Waals surface area contributed by atoms with Crippen molar-refractivity contribution >= 4 is 58.0 Å². The number of amides is 1. The molecular weight excluding hydrogens is 317 g/mol. The molecule has 2 nitrogen and oxygen atoms in total. The highest BCUT2D eigenvalue weighted by atomic mass is 35.5. The van der Waals surface area contributed by atoms with Crippen molar-refractivity contribution in [1.29, 1.82) is 0 Å². The van der Waals surface area contributed by atoms with Crippen LogP contribution in [0.2, 0.25) is 15.1 Å². The van der Waals surface area contributed by atoms with E-state index in [0.29, 0.717) is 20.6 Å². The Balaban J connectivity index is 2.10. The second kappa shape index (κ2) is 5.13. The molecule has 0 unspecified atom stereocenters. The number of carbonyl (C=O) groups excluding carboxylic acids is 1. The summed E-state index contributed by atoms with van der Waals surface area (Å²) < 4.78 is 0. The van der Waals surface area contributed by atoms with E-state index in [4.69, 9.17) is 34.8 Å². The van der Waals surface area contributed by atoms with Gasteiger partial charge in [-0.15, -0.1) is 0 Å². The summed E-state index contributed by atoms with van der Waals surface area (Å²) in [5, 5.41) is 4.31. The number of halogens is 3. The minimum atomic E-state index is -0.159. The van der Waals surface area contributed by atoms with Crippen LogP contribution in [0.25, 0.3) is 11.6 Å². The molecule has 0 fully saturated rings. The van der Waals surface area contributed by atoms with Crippen LogP contribution in [0.5, 0.6) is 0 Å². The molecule has 5 heteroatoms. The predicted octanol–water partition coefficient (Wildman–Crippen LogP) is 5.14. The summed E-state index contributed by atoms with van der Waals surface area (Å²) in [4.78, 5) is 12.0. The number of nitrogens with one attached hydrogen (secondary N) is 1. The SMILES string of the molecule is O=C1Nc2ccc(Cl)cc2/C1=C/c1ccc(Cl)c(Cl)c1. The van der Waals surface area contributed by atoms with Gasteiger partial charge in [-0.1, -0.05) is 40.9 Å². The highest BCUT2D eigenvalue weighted by Crippen LogP contribution is 2.35. The summed E-state index contributed by atoms with van der Waals surface area (Å²) in [7, 11) is 0. The van der Waals surface area contributed by atoms with E-state index in [1.165, 1.54) is 0 Å². The molecule has 0 saturated heterocycles. The summed E-state index contributed by atoms with van der Waals surface area (Å²) in [5.74, 6) is -0.159. The van der Waals surface area contributed by atoms with Gasteiger partial charge in [0.1, 0.15) is 0 Å². The van der Waals surface area contributed by atoms with Crippen molar-refractivity contribution < 1.29 is 4.79 Å². The van der Waals surface area contributed by atoms with Crippen LogP contribution in [0.3, 0.4) is 0 Å². The first-order chi connectivity index (χ1) is 9.54. The smallest absolute Gasteiger partial charge is 0.256 e. The highest BCUT2D eigenvalue weighted by molar-refractivity contribution is 6.42. The van der Waals surface area contributed by atoms with Gasteiger partial charge in [0.05, 0.1) is 10.0 Å². The number of benzene rings is 2. The Morgan fingerprint density at radius 1 is 0.950 bits per heavy atom. The van der Waals surface area contributed by atoms with E-state index in [2.05, 4.69) is 5.32 Å². The van der Waals surface area contributed by atoms with E-state index >= 15 is 0 Å². The first-order valence-corrected chi connectivity index (χ1v) is 6.96. The Morgan fingerprint density at radius 2 is 1.75 bits per heavy atom. The second-order valence-corrected chi connectivity index (χ2v) is 5.63. The molecule has 2 aromatic rings. The number of hydrogen-bond donors (Lipinski definition) is 1. The molecule has 1 aliphatic heterocycles. The standard InChI is InChI=1S/C15H8Cl3NO/c16-9-2-4-14-10(7-9)11(15(20)19-14)5-8-1-3-12(17)13(18)6-8/h1-7H,(H,19,20)/b11-5-. The monoisotopic (exact) mass is 323 g/mol. The fraction of sp³-hybridized carbons (Fsp3) is 0. The third-order valence-corrected chi connectivity index (χ3v) is 3.99. The Bertz CT molecular complexity index is 753. The van der Waals surface area contributed by atoms with Gasteiger partial charge < -0.3 is 5.32 Å². The molecule has 1 aliphatic rings. The molecule has 0 saturated carbocycles. The molecule has 0 atom stereocenters. The summed E-state index contributed by atoms with van der Waals surface area (Å²) in [6.45, 7) is 0. The fourth-order valence-corrected chi connectivity index (χ4v) is 2.55. The lowest BCUT2D eigenvalue weighted by Crippen LogP contribution is -2.03. The van der Waals surface area contributed by atoms with Gasteiger partial charge in [0.25, 0.3) is 5.91 Å². The van der Waals surface area contributed by atoms with Gasteiger partial charge in [-0.05, 0) is 42.0 Å². The molecule has 20 heavy (non-hydrogen) atoms. The van der Waals surface area contributed by atoms with Gasteiger partial charge in [0, 0.05) is 21.8 Å². The zero-order valence-corrected chi connectivity index (χ0v) is 12.4. The Kier molecular flexibility index (Phi) is 3.47. The number of rotatable bonds is 1. The van der Waals surface area contributed by atoms with Crippen molar-refractivity contribution in [1.82, 2.24) is 0 Å². The molecule has 0 radical (unpaired) electrons. The number of carbonyl (C=O) groups is 1. The molecule has 3 rings (SSSR count). The van der Waals surface area contributed by atoms with Crippen molar-refractivity contribution in [2.75, 3.05) is 5.32 Å². The zero-order chi connectivity index (χ0) is 14.3. The van der Waals surface area contributed by atoms with E-state index in [0.717, 1.165) is 16.8 Å². The van der Waals surface area contributed by atoms with Gasteiger partial charge in [-0.25, -0.2) is 0 Å². The first kappa shape index (κ1) is 13.5. The lowest BCUT2D eigenvalue weighted by atomic mass is 10.0. The average molecular weight is 325 g/mol. The summed E-state index contributed by atoms with van der Waals surface area (Å²) in [6.07, 6.45) is 1.76. The van der Waals surface area contributed by atoms with E-state index in [1.807, 2.05) is 0 Å². The molecule has 1 heterocycles. The molecule has 0 bridgehead atoms. The second-order valence-electron chi connectivity index (χ2n) is 4.38. The van der Waals surface area contributed by atoms with Crippen LogP contribution < -0.4 is 5.32 Å². The van der Waals surface area contributed by atoms with Gasteiger partial charge in [0.15, 0.2) is 0 Å². The Labute approximate surface area is 131 Å². The average Bonchev–Trinajstić information content (AvgIpc) is 2.70. The Morgan fingerprint density at radius 3 is 2.50 bits per heavy atom. The number of hydrogen-bond acceptors (Lipinski definition) is 1. The number of fused-ring (bicyclic) bond motifs is 1. The van der Waals surface area contributed by atoms with Crippen LogP contribution in [-0.4, -0.2) is 5.91 Å². The lowest BCUT2D eigenvalue weighted by Gasteiger charge is -2.01. The summed E-state index contributed by atoms with van der Waals surface area (Å²) in [5.41, 5.74) is 2.90. The normalized spacial score (nSPS) is 15.3. The van der Waals surface area contributed by atoms with Crippen LogP contribution in [0.1, 0.15) is 11.1 Å². The molecule has 2 aromatic carbocycles. The minimum absolute atomic E-state index is 0.159. The third-order valence-electron chi connectivity index (χ3n) is 3.02. The van der Waals surface area contributed by atoms with E-state index in [9.17, 15) is 4.79 Å². The fourth-order valence-electron chi connectivity index (χ4n) is 2.07. The summed E-state index contributed by atoms with van der Waals surface area (Å²) in [6, 6.07) is 10.5. The molecule has 100 valence electrons. The predicted molar refractivity (Wildman–Crippen MR) is 84.4 cm³/mol.